The summed E-state index contributed by atoms with van der Waals surface area (Å²) in [6, 6.07) is 11.5. The van der Waals surface area contributed by atoms with Crippen molar-refractivity contribution in [3.8, 4) is 17.2 Å². The van der Waals surface area contributed by atoms with Crippen LogP contribution in [0.4, 0.5) is 0 Å². The summed E-state index contributed by atoms with van der Waals surface area (Å²) in [5.41, 5.74) is 2.66. The summed E-state index contributed by atoms with van der Waals surface area (Å²) >= 11 is 0. The van der Waals surface area contributed by atoms with E-state index in [9.17, 15) is 0 Å². The average molecular weight is 322 g/mol. The van der Waals surface area contributed by atoms with Crippen LogP contribution in [0.1, 0.15) is 11.1 Å². The minimum absolute atomic E-state index is 0.675. The van der Waals surface area contributed by atoms with Gasteiger partial charge in [0, 0.05) is 23.1 Å². The molecule has 24 heavy (non-hydrogen) atoms. The molecule has 0 atom stereocenters. The summed E-state index contributed by atoms with van der Waals surface area (Å²) in [5.74, 6) is 2.03. The second-order valence-corrected chi connectivity index (χ2v) is 5.10. The Morgan fingerprint density at radius 3 is 2.25 bits per heavy atom. The monoisotopic (exact) mass is 322 g/mol. The lowest BCUT2D eigenvalue weighted by Gasteiger charge is -2.12. The van der Waals surface area contributed by atoms with Crippen molar-refractivity contribution in [2.75, 3.05) is 21.3 Å². The van der Waals surface area contributed by atoms with Crippen molar-refractivity contribution in [3.05, 3.63) is 53.7 Å². The molecule has 0 spiro atoms. The molecule has 0 fully saturated rings. The topological polar surface area (TPSA) is 53.5 Å². The predicted molar refractivity (Wildman–Crippen MR) is 94.6 cm³/mol. The normalized spacial score (nSPS) is 11.0. The molecule has 0 N–H and O–H groups in total. The van der Waals surface area contributed by atoms with Crippen molar-refractivity contribution in [3.63, 3.8) is 0 Å². The van der Waals surface area contributed by atoms with Crippen LogP contribution in [-0.2, 0) is 0 Å². The van der Waals surface area contributed by atoms with Crippen molar-refractivity contribution in [1.29, 1.82) is 0 Å². The van der Waals surface area contributed by atoms with E-state index >= 15 is 0 Å². The van der Waals surface area contributed by atoms with Crippen LogP contribution < -0.4 is 14.2 Å². The van der Waals surface area contributed by atoms with Crippen LogP contribution >= 0.6 is 0 Å². The third kappa shape index (κ3) is 3.01. The van der Waals surface area contributed by atoms with Gasteiger partial charge in [-0.1, -0.05) is 24.3 Å². The van der Waals surface area contributed by atoms with Gasteiger partial charge in [-0.15, -0.1) is 0 Å². The van der Waals surface area contributed by atoms with Gasteiger partial charge in [0.2, 0.25) is 0 Å². The minimum Gasteiger partial charge on any atom is -0.496 e. The van der Waals surface area contributed by atoms with Crippen molar-refractivity contribution in [1.82, 2.24) is 10.2 Å². The highest BCUT2D eigenvalue weighted by Gasteiger charge is 2.11. The van der Waals surface area contributed by atoms with E-state index in [4.69, 9.17) is 14.2 Å². The maximum atomic E-state index is 5.47. The van der Waals surface area contributed by atoms with Crippen LogP contribution in [0.15, 0.2) is 42.6 Å². The van der Waals surface area contributed by atoms with E-state index in [0.29, 0.717) is 17.2 Å². The summed E-state index contributed by atoms with van der Waals surface area (Å²) in [5, 5.41) is 9.23. The van der Waals surface area contributed by atoms with Gasteiger partial charge >= 0.3 is 0 Å². The van der Waals surface area contributed by atoms with Gasteiger partial charge in [-0.25, -0.2) is 0 Å². The van der Waals surface area contributed by atoms with Gasteiger partial charge in [-0.2, -0.15) is 10.2 Å². The Kier molecular flexibility index (Phi) is 4.61. The van der Waals surface area contributed by atoms with Crippen LogP contribution in [0, 0.1) is 0 Å². The number of ether oxygens (including phenoxy) is 3. The number of fused-ring (bicyclic) bond motifs is 1. The molecule has 0 unspecified atom stereocenters. The summed E-state index contributed by atoms with van der Waals surface area (Å²) < 4.78 is 16.2. The van der Waals surface area contributed by atoms with Crippen molar-refractivity contribution < 1.29 is 14.2 Å². The number of methoxy groups -OCH3 is 3. The highest BCUT2D eigenvalue weighted by Crippen LogP contribution is 2.35. The number of rotatable bonds is 5. The molecule has 0 aliphatic rings. The highest BCUT2D eigenvalue weighted by molar-refractivity contribution is 5.90. The van der Waals surface area contributed by atoms with Crippen LogP contribution in [0.2, 0.25) is 0 Å². The maximum absolute atomic E-state index is 5.47. The fourth-order valence-electron chi connectivity index (χ4n) is 2.53. The van der Waals surface area contributed by atoms with E-state index in [0.717, 1.165) is 22.0 Å². The average Bonchev–Trinajstić information content (AvgIpc) is 2.65. The maximum Gasteiger partial charge on any atom is 0.133 e. The van der Waals surface area contributed by atoms with E-state index in [2.05, 4.69) is 10.2 Å². The zero-order valence-electron chi connectivity index (χ0n) is 13.8. The molecule has 1 heterocycles. The van der Waals surface area contributed by atoms with Crippen molar-refractivity contribution >= 4 is 23.1 Å². The zero-order valence-corrected chi connectivity index (χ0v) is 13.8. The van der Waals surface area contributed by atoms with Crippen LogP contribution in [0.25, 0.3) is 23.1 Å². The van der Waals surface area contributed by atoms with Gasteiger partial charge in [-0.3, -0.25) is 0 Å². The summed E-state index contributed by atoms with van der Waals surface area (Å²) in [4.78, 5) is 0. The molecule has 3 aromatic rings. The third-order valence-electron chi connectivity index (χ3n) is 3.76. The lowest BCUT2D eigenvalue weighted by Crippen LogP contribution is -1.95. The number of nitrogens with zero attached hydrogens (tertiary/aromatic N) is 2. The first-order valence-electron chi connectivity index (χ1n) is 7.45. The molecule has 5 nitrogen and oxygen atoms in total. The number of hydrogen-bond donors (Lipinski definition) is 0. The first-order chi connectivity index (χ1) is 11.8. The Morgan fingerprint density at radius 1 is 0.875 bits per heavy atom. The van der Waals surface area contributed by atoms with Crippen molar-refractivity contribution in [2.24, 2.45) is 0 Å². The van der Waals surface area contributed by atoms with E-state index in [1.807, 2.05) is 48.6 Å². The molecule has 0 amide bonds. The highest BCUT2D eigenvalue weighted by atomic mass is 16.5. The number of benzene rings is 2. The summed E-state index contributed by atoms with van der Waals surface area (Å²) in [7, 11) is 4.85. The largest absolute Gasteiger partial charge is 0.496 e. The molecule has 1 aromatic heterocycles. The van der Waals surface area contributed by atoms with Crippen LogP contribution in [0.5, 0.6) is 17.2 Å². The Labute approximate surface area is 140 Å². The SMILES string of the molecule is COc1cc(OC)c(C=Cc2cnnc3ccccc23)c(OC)c1. The lowest BCUT2D eigenvalue weighted by atomic mass is 10.1. The van der Waals surface area contributed by atoms with Gasteiger partial charge in [0.05, 0.1) is 38.6 Å². The number of aromatic nitrogens is 2. The van der Waals surface area contributed by atoms with Gasteiger partial charge < -0.3 is 14.2 Å². The molecular weight excluding hydrogens is 304 g/mol. The molecule has 0 bridgehead atoms. The van der Waals surface area contributed by atoms with E-state index < -0.39 is 0 Å². The zero-order chi connectivity index (χ0) is 16.9. The van der Waals surface area contributed by atoms with Gasteiger partial charge in [-0.05, 0) is 12.1 Å². The smallest absolute Gasteiger partial charge is 0.133 e. The van der Waals surface area contributed by atoms with E-state index in [1.54, 1.807) is 27.5 Å². The van der Waals surface area contributed by atoms with Crippen LogP contribution in [-0.4, -0.2) is 31.5 Å². The molecule has 0 saturated heterocycles. The Hall–Kier alpha value is -3.08. The van der Waals surface area contributed by atoms with Crippen molar-refractivity contribution in [2.45, 2.75) is 0 Å². The van der Waals surface area contributed by atoms with Gasteiger partial charge in [0.1, 0.15) is 17.2 Å². The molecular formula is C19H18N2O3. The van der Waals surface area contributed by atoms with E-state index in [1.165, 1.54) is 0 Å². The van der Waals surface area contributed by atoms with Crippen LogP contribution in [0.3, 0.4) is 0 Å². The lowest BCUT2D eigenvalue weighted by molar-refractivity contribution is 0.374. The molecule has 122 valence electrons. The standard InChI is InChI=1S/C19H18N2O3/c1-22-14-10-18(23-2)16(19(11-14)24-3)9-8-13-12-20-21-17-7-5-4-6-15(13)17/h4-12H,1-3H3. The quantitative estimate of drug-likeness (QED) is 0.714. The number of hydrogen-bond acceptors (Lipinski definition) is 5. The molecule has 2 aromatic carbocycles. The molecule has 0 saturated carbocycles. The molecule has 0 radical (unpaired) electrons. The fourth-order valence-corrected chi connectivity index (χ4v) is 2.53. The Bertz CT molecular complexity index is 860. The Balaban J connectivity index is 2.08. The fraction of sp³-hybridized carbons (Fsp3) is 0.158. The first-order valence-corrected chi connectivity index (χ1v) is 7.45. The summed E-state index contributed by atoms with van der Waals surface area (Å²) in [6.07, 6.45) is 5.66. The first kappa shape index (κ1) is 15.8. The molecule has 0 aliphatic heterocycles. The minimum atomic E-state index is 0.675. The Morgan fingerprint density at radius 2 is 1.58 bits per heavy atom. The molecule has 3 rings (SSSR count). The molecule has 0 aliphatic carbocycles. The van der Waals surface area contributed by atoms with Gasteiger partial charge in [0.25, 0.3) is 0 Å². The third-order valence-corrected chi connectivity index (χ3v) is 3.76. The van der Waals surface area contributed by atoms with Gasteiger partial charge in [0.15, 0.2) is 0 Å². The summed E-state index contributed by atoms with van der Waals surface area (Å²) in [6.45, 7) is 0. The van der Waals surface area contributed by atoms with E-state index in [-0.39, 0.29) is 0 Å². The second kappa shape index (κ2) is 7.00. The molecule has 5 heteroatoms. The second-order valence-electron chi connectivity index (χ2n) is 5.10. The predicted octanol–water partition coefficient (Wildman–Crippen LogP) is 3.83.